The summed E-state index contributed by atoms with van der Waals surface area (Å²) in [6.45, 7) is 9.93. The predicted molar refractivity (Wildman–Crippen MR) is 158 cm³/mol. The minimum absolute atomic E-state index is 0.104. The molecule has 1 aromatic rings. The van der Waals surface area contributed by atoms with Gasteiger partial charge < -0.3 is 14.8 Å². The first kappa shape index (κ1) is 34.0. The molecular formula is C33H57NO4. The summed E-state index contributed by atoms with van der Waals surface area (Å²) in [7, 11) is 0. The number of benzene rings is 1. The molecule has 1 aromatic carbocycles. The summed E-state index contributed by atoms with van der Waals surface area (Å²) in [5.74, 6) is -0.365. The molecule has 0 spiro atoms. The van der Waals surface area contributed by atoms with Crippen LogP contribution in [0, 0.1) is 0 Å². The maximum atomic E-state index is 13.4. The molecule has 0 saturated carbocycles. The molecule has 5 nitrogen and oxygen atoms in total. The third-order valence-electron chi connectivity index (χ3n) is 6.80. The van der Waals surface area contributed by atoms with Crippen LogP contribution in [-0.4, -0.2) is 29.8 Å². The summed E-state index contributed by atoms with van der Waals surface area (Å²) in [6.07, 6.45) is 18.8. The Bertz CT molecular complexity index is 710. The highest BCUT2D eigenvalue weighted by atomic mass is 16.6. The van der Waals surface area contributed by atoms with Gasteiger partial charge in [-0.1, -0.05) is 121 Å². The molecule has 0 unspecified atom stereocenters. The standard InChI is InChI=1S/C33H57NO4/c1-6-8-10-12-14-16-21-25-29(26-22-17-15-13-11-9-7-2)37-31(35)30(27-28-23-19-18-20-24-28)34-32(36)38-33(3,4)5/h18-20,23-24,29-30H,6-17,21-22,25-27H2,1-5H3,(H,34,36)/t30-/m0/s1. The first-order chi connectivity index (χ1) is 18.2. The van der Waals surface area contributed by atoms with Gasteiger partial charge in [-0.05, 0) is 52.0 Å². The van der Waals surface area contributed by atoms with E-state index in [0.717, 1.165) is 31.2 Å². The Hall–Kier alpha value is -2.04. The van der Waals surface area contributed by atoms with Crippen LogP contribution >= 0.6 is 0 Å². The number of carbonyl (C=O) groups excluding carboxylic acids is 2. The Labute approximate surface area is 233 Å². The van der Waals surface area contributed by atoms with Crippen LogP contribution in [-0.2, 0) is 20.7 Å². The van der Waals surface area contributed by atoms with Crippen molar-refractivity contribution in [2.24, 2.45) is 0 Å². The van der Waals surface area contributed by atoms with Gasteiger partial charge in [0.1, 0.15) is 17.7 Å². The molecule has 0 fully saturated rings. The van der Waals surface area contributed by atoms with E-state index in [-0.39, 0.29) is 12.1 Å². The lowest BCUT2D eigenvalue weighted by molar-refractivity contribution is -0.152. The highest BCUT2D eigenvalue weighted by Gasteiger charge is 2.28. The molecule has 1 atom stereocenters. The molecule has 0 aliphatic carbocycles. The van der Waals surface area contributed by atoms with Crippen molar-refractivity contribution >= 4 is 12.1 Å². The monoisotopic (exact) mass is 531 g/mol. The van der Waals surface area contributed by atoms with Gasteiger partial charge in [-0.2, -0.15) is 0 Å². The Morgan fingerprint density at radius 1 is 0.737 bits per heavy atom. The fourth-order valence-corrected chi connectivity index (χ4v) is 4.66. The molecule has 0 bridgehead atoms. The summed E-state index contributed by atoms with van der Waals surface area (Å²) in [6, 6.07) is 8.97. The van der Waals surface area contributed by atoms with Crippen LogP contribution in [0.3, 0.4) is 0 Å². The molecule has 0 heterocycles. The van der Waals surface area contributed by atoms with E-state index in [1.165, 1.54) is 77.0 Å². The van der Waals surface area contributed by atoms with Gasteiger partial charge in [0.05, 0.1) is 0 Å². The molecule has 1 N–H and O–H groups in total. The fraction of sp³-hybridized carbons (Fsp3) is 0.758. The fourth-order valence-electron chi connectivity index (χ4n) is 4.66. The summed E-state index contributed by atoms with van der Waals surface area (Å²) in [5, 5.41) is 2.78. The average molecular weight is 532 g/mol. The minimum Gasteiger partial charge on any atom is -0.461 e. The van der Waals surface area contributed by atoms with Crippen molar-refractivity contribution in [3.05, 3.63) is 35.9 Å². The topological polar surface area (TPSA) is 64.6 Å². The number of hydrogen-bond donors (Lipinski definition) is 1. The Morgan fingerprint density at radius 3 is 1.68 bits per heavy atom. The van der Waals surface area contributed by atoms with Gasteiger partial charge in [0.2, 0.25) is 0 Å². The second-order valence-corrected chi connectivity index (χ2v) is 11.8. The van der Waals surface area contributed by atoms with E-state index in [1.807, 2.05) is 51.1 Å². The molecule has 0 aliphatic rings. The Kier molecular flexibility index (Phi) is 18.7. The van der Waals surface area contributed by atoms with Crippen molar-refractivity contribution in [2.75, 3.05) is 0 Å². The van der Waals surface area contributed by atoms with E-state index < -0.39 is 17.7 Å². The van der Waals surface area contributed by atoms with E-state index in [0.29, 0.717) is 6.42 Å². The van der Waals surface area contributed by atoms with Gasteiger partial charge in [-0.25, -0.2) is 9.59 Å². The molecular weight excluding hydrogens is 474 g/mol. The van der Waals surface area contributed by atoms with Gasteiger partial charge in [0.25, 0.3) is 0 Å². The van der Waals surface area contributed by atoms with Crippen LogP contribution in [0.15, 0.2) is 30.3 Å². The number of ether oxygens (including phenoxy) is 2. The number of alkyl carbamates (subject to hydrolysis) is 1. The van der Waals surface area contributed by atoms with Crippen molar-refractivity contribution in [3.63, 3.8) is 0 Å². The Balaban J connectivity index is 2.74. The van der Waals surface area contributed by atoms with Gasteiger partial charge in [0, 0.05) is 6.42 Å². The van der Waals surface area contributed by atoms with Gasteiger partial charge in [-0.3, -0.25) is 0 Å². The lowest BCUT2D eigenvalue weighted by Crippen LogP contribution is -2.46. The van der Waals surface area contributed by atoms with Gasteiger partial charge in [0.15, 0.2) is 0 Å². The zero-order chi connectivity index (χ0) is 28.1. The largest absolute Gasteiger partial charge is 0.461 e. The van der Waals surface area contributed by atoms with Crippen LogP contribution in [0.4, 0.5) is 4.79 Å². The quantitative estimate of drug-likeness (QED) is 0.127. The third kappa shape index (κ3) is 18.3. The average Bonchev–Trinajstić information content (AvgIpc) is 2.86. The highest BCUT2D eigenvalue weighted by Crippen LogP contribution is 2.19. The summed E-state index contributed by atoms with van der Waals surface area (Å²) in [4.78, 5) is 25.9. The number of carbonyl (C=O) groups is 2. The van der Waals surface area contributed by atoms with Crippen molar-refractivity contribution < 1.29 is 19.1 Å². The summed E-state index contributed by atoms with van der Waals surface area (Å²) < 4.78 is 11.5. The smallest absolute Gasteiger partial charge is 0.408 e. The number of rotatable bonds is 21. The van der Waals surface area contributed by atoms with Crippen LogP contribution < -0.4 is 5.32 Å². The second-order valence-electron chi connectivity index (χ2n) is 11.8. The molecule has 0 radical (unpaired) electrons. The minimum atomic E-state index is -0.780. The van der Waals surface area contributed by atoms with Crippen molar-refractivity contribution in [2.45, 2.75) is 162 Å². The van der Waals surface area contributed by atoms with E-state index in [9.17, 15) is 9.59 Å². The molecule has 1 amide bonds. The van der Waals surface area contributed by atoms with E-state index in [2.05, 4.69) is 19.2 Å². The van der Waals surface area contributed by atoms with E-state index in [4.69, 9.17) is 9.47 Å². The molecule has 0 aromatic heterocycles. The van der Waals surface area contributed by atoms with Gasteiger partial charge in [-0.15, -0.1) is 0 Å². The normalized spacial score (nSPS) is 12.4. The Morgan fingerprint density at radius 2 is 1.21 bits per heavy atom. The molecule has 0 aliphatic heterocycles. The third-order valence-corrected chi connectivity index (χ3v) is 6.80. The lowest BCUT2D eigenvalue weighted by Gasteiger charge is -2.25. The highest BCUT2D eigenvalue weighted by molar-refractivity contribution is 5.82. The van der Waals surface area contributed by atoms with E-state index >= 15 is 0 Å². The number of unbranched alkanes of at least 4 members (excludes halogenated alkanes) is 12. The van der Waals surface area contributed by atoms with Crippen molar-refractivity contribution in [1.29, 1.82) is 0 Å². The van der Waals surface area contributed by atoms with Crippen LogP contribution in [0.1, 0.15) is 143 Å². The van der Waals surface area contributed by atoms with E-state index in [1.54, 1.807) is 0 Å². The first-order valence-corrected chi connectivity index (χ1v) is 15.5. The predicted octanol–water partition coefficient (Wildman–Crippen LogP) is 9.32. The maximum Gasteiger partial charge on any atom is 0.408 e. The number of hydrogen-bond acceptors (Lipinski definition) is 4. The van der Waals surface area contributed by atoms with Crippen LogP contribution in [0.5, 0.6) is 0 Å². The van der Waals surface area contributed by atoms with Crippen molar-refractivity contribution in [3.8, 4) is 0 Å². The summed E-state index contributed by atoms with van der Waals surface area (Å²) in [5.41, 5.74) is 0.337. The molecule has 5 heteroatoms. The zero-order valence-electron chi connectivity index (χ0n) is 25.2. The van der Waals surface area contributed by atoms with Crippen molar-refractivity contribution in [1.82, 2.24) is 5.32 Å². The van der Waals surface area contributed by atoms with Crippen LogP contribution in [0.2, 0.25) is 0 Å². The zero-order valence-corrected chi connectivity index (χ0v) is 25.2. The SMILES string of the molecule is CCCCCCCCCC(CCCCCCCCC)OC(=O)[C@H](Cc1ccccc1)NC(=O)OC(C)(C)C. The lowest BCUT2D eigenvalue weighted by atomic mass is 10.0. The van der Waals surface area contributed by atoms with Crippen LogP contribution in [0.25, 0.3) is 0 Å². The molecule has 1 rings (SSSR count). The van der Waals surface area contributed by atoms with Gasteiger partial charge >= 0.3 is 12.1 Å². The maximum absolute atomic E-state index is 13.4. The first-order valence-electron chi connectivity index (χ1n) is 15.5. The molecule has 218 valence electrons. The second kappa shape index (κ2) is 20.9. The summed E-state index contributed by atoms with van der Waals surface area (Å²) >= 11 is 0. The number of esters is 1. The molecule has 38 heavy (non-hydrogen) atoms. The molecule has 0 saturated heterocycles. The number of nitrogens with one attached hydrogen (secondary N) is 1. The number of amides is 1.